The first-order chi connectivity index (χ1) is 11.1. The van der Waals surface area contributed by atoms with Crippen LogP contribution in [0.25, 0.3) is 21.9 Å². The van der Waals surface area contributed by atoms with Crippen LogP contribution in [0, 0.1) is 22.7 Å². The number of nitriles is 2. The summed E-state index contributed by atoms with van der Waals surface area (Å²) >= 11 is 3.48. The smallest absolute Gasteiger partial charge is 0.268 e. The molecule has 0 bridgehead atoms. The van der Waals surface area contributed by atoms with Gasteiger partial charge in [-0.1, -0.05) is 40.2 Å². The molecule has 0 aliphatic rings. The maximum absolute atomic E-state index is 12.0. The monoisotopic (exact) mass is 364 g/mol. The number of nitrogens with zero attached hydrogens (tertiary/aromatic N) is 2. The number of pyridine rings is 1. The van der Waals surface area contributed by atoms with Crippen LogP contribution in [0.15, 0.2) is 45.7 Å². The van der Waals surface area contributed by atoms with Crippen molar-refractivity contribution in [1.82, 2.24) is 4.98 Å². The van der Waals surface area contributed by atoms with Crippen LogP contribution in [0.2, 0.25) is 0 Å². The van der Waals surface area contributed by atoms with Crippen LogP contribution < -0.4 is 11.3 Å². The van der Waals surface area contributed by atoms with Gasteiger partial charge < -0.3 is 10.7 Å². The predicted octanol–water partition coefficient (Wildman–Crippen LogP) is 3.28. The van der Waals surface area contributed by atoms with Crippen molar-refractivity contribution in [3.8, 4) is 23.3 Å². The summed E-state index contributed by atoms with van der Waals surface area (Å²) in [5, 5.41) is 20.6. The number of nitrogens with two attached hydrogens (primary N) is 1. The Labute approximate surface area is 139 Å². The molecule has 2 aromatic carbocycles. The third-order valence-electron chi connectivity index (χ3n) is 3.59. The molecule has 0 radical (unpaired) electrons. The number of fused-ring (bicyclic) bond motifs is 1. The number of anilines is 1. The number of aromatic nitrogens is 1. The third kappa shape index (κ3) is 2.36. The Balaban J connectivity index is 2.44. The molecule has 0 aliphatic heterocycles. The highest BCUT2D eigenvalue weighted by molar-refractivity contribution is 9.10. The molecule has 1 aromatic heterocycles. The molecule has 0 atom stereocenters. The van der Waals surface area contributed by atoms with Gasteiger partial charge in [-0.2, -0.15) is 10.5 Å². The summed E-state index contributed by atoms with van der Waals surface area (Å²) in [4.78, 5) is 14.3. The predicted molar refractivity (Wildman–Crippen MR) is 91.5 cm³/mol. The molecule has 0 saturated heterocycles. The Hall–Kier alpha value is -3.09. The number of halogens is 1. The second-order valence-electron chi connectivity index (χ2n) is 4.89. The van der Waals surface area contributed by atoms with Gasteiger partial charge in [0.2, 0.25) is 0 Å². The molecule has 6 heteroatoms. The van der Waals surface area contributed by atoms with E-state index in [0.717, 1.165) is 15.2 Å². The molecule has 3 rings (SSSR count). The van der Waals surface area contributed by atoms with E-state index in [-0.39, 0.29) is 22.5 Å². The minimum atomic E-state index is -0.605. The van der Waals surface area contributed by atoms with Crippen molar-refractivity contribution < 1.29 is 0 Å². The third-order valence-corrected chi connectivity index (χ3v) is 4.28. The van der Waals surface area contributed by atoms with Crippen LogP contribution in [0.3, 0.4) is 0 Å². The lowest BCUT2D eigenvalue weighted by Crippen LogP contribution is -2.16. The van der Waals surface area contributed by atoms with Crippen molar-refractivity contribution in [3.63, 3.8) is 0 Å². The topological polar surface area (TPSA) is 106 Å². The molecule has 5 nitrogen and oxygen atoms in total. The van der Waals surface area contributed by atoms with E-state index in [1.165, 1.54) is 0 Å². The average molecular weight is 365 g/mol. The molecule has 0 saturated carbocycles. The quantitative estimate of drug-likeness (QED) is 0.690. The highest BCUT2D eigenvalue weighted by atomic mass is 79.9. The van der Waals surface area contributed by atoms with Crippen molar-refractivity contribution in [1.29, 1.82) is 10.5 Å². The zero-order valence-electron chi connectivity index (χ0n) is 11.7. The molecule has 1 heterocycles. The minimum absolute atomic E-state index is 0.0428. The molecule has 0 amide bonds. The van der Waals surface area contributed by atoms with Crippen molar-refractivity contribution in [2.75, 3.05) is 5.73 Å². The Morgan fingerprint density at radius 1 is 1.09 bits per heavy atom. The van der Waals surface area contributed by atoms with Crippen LogP contribution in [0.1, 0.15) is 11.1 Å². The normalized spacial score (nSPS) is 10.2. The summed E-state index contributed by atoms with van der Waals surface area (Å²) in [7, 11) is 0. The number of hydrogen-bond acceptors (Lipinski definition) is 4. The van der Waals surface area contributed by atoms with E-state index in [1.54, 1.807) is 6.07 Å². The second kappa shape index (κ2) is 5.60. The maximum atomic E-state index is 12.0. The fourth-order valence-electron chi connectivity index (χ4n) is 2.52. The number of H-pyrrole nitrogens is 1. The van der Waals surface area contributed by atoms with Crippen molar-refractivity contribution in [3.05, 3.63) is 62.4 Å². The van der Waals surface area contributed by atoms with Crippen LogP contribution in [-0.4, -0.2) is 4.98 Å². The Morgan fingerprint density at radius 3 is 2.52 bits per heavy atom. The van der Waals surface area contributed by atoms with Gasteiger partial charge in [0.25, 0.3) is 5.56 Å². The van der Waals surface area contributed by atoms with Gasteiger partial charge in [-0.3, -0.25) is 4.79 Å². The average Bonchev–Trinajstić information content (AvgIpc) is 2.54. The summed E-state index contributed by atoms with van der Waals surface area (Å²) in [6.07, 6.45) is 0. The van der Waals surface area contributed by atoms with Crippen molar-refractivity contribution >= 4 is 32.5 Å². The molecular weight excluding hydrogens is 356 g/mol. The van der Waals surface area contributed by atoms with Gasteiger partial charge in [0.05, 0.1) is 0 Å². The van der Waals surface area contributed by atoms with Gasteiger partial charge in [-0.25, -0.2) is 0 Å². The highest BCUT2D eigenvalue weighted by Crippen LogP contribution is 2.32. The fraction of sp³-hybridized carbons (Fsp3) is 0. The van der Waals surface area contributed by atoms with E-state index in [2.05, 4.69) is 20.9 Å². The van der Waals surface area contributed by atoms with Gasteiger partial charge in [0, 0.05) is 10.0 Å². The molecular formula is C17H9BrN4O. The standard InChI is InChI=1S/C17H9BrN4O/c18-14-3-1-2-9-4-5-10(6-11(9)14)15-12(7-19)16(21)22-17(23)13(15)8-20/h1-6H,(H3,21,22,23). The van der Waals surface area contributed by atoms with Crippen LogP contribution >= 0.6 is 15.9 Å². The molecule has 0 unspecified atom stereocenters. The first kappa shape index (κ1) is 14.8. The molecule has 0 fully saturated rings. The van der Waals surface area contributed by atoms with E-state index in [9.17, 15) is 15.3 Å². The number of benzene rings is 2. The van der Waals surface area contributed by atoms with Crippen LogP contribution in [-0.2, 0) is 0 Å². The Kier molecular flexibility index (Phi) is 3.61. The summed E-state index contributed by atoms with van der Waals surface area (Å²) in [6.45, 7) is 0. The molecule has 3 N–H and O–H groups in total. The van der Waals surface area contributed by atoms with Crippen LogP contribution in [0.4, 0.5) is 5.82 Å². The molecule has 0 spiro atoms. The Bertz CT molecular complexity index is 1090. The van der Waals surface area contributed by atoms with Crippen LogP contribution in [0.5, 0.6) is 0 Å². The summed E-state index contributed by atoms with van der Waals surface area (Å²) in [6, 6.07) is 15.1. The second-order valence-corrected chi connectivity index (χ2v) is 5.75. The van der Waals surface area contributed by atoms with Gasteiger partial charge >= 0.3 is 0 Å². The zero-order chi connectivity index (χ0) is 16.6. The van der Waals surface area contributed by atoms with E-state index in [4.69, 9.17) is 5.73 Å². The largest absolute Gasteiger partial charge is 0.384 e. The number of hydrogen-bond donors (Lipinski definition) is 2. The lowest BCUT2D eigenvalue weighted by atomic mass is 9.95. The molecule has 0 aliphatic carbocycles. The first-order valence-corrected chi connectivity index (χ1v) is 7.40. The van der Waals surface area contributed by atoms with Crippen molar-refractivity contribution in [2.24, 2.45) is 0 Å². The van der Waals surface area contributed by atoms with E-state index >= 15 is 0 Å². The van der Waals surface area contributed by atoms with Gasteiger partial charge in [-0.15, -0.1) is 0 Å². The highest BCUT2D eigenvalue weighted by Gasteiger charge is 2.18. The Morgan fingerprint density at radius 2 is 1.83 bits per heavy atom. The number of nitrogen functional groups attached to an aromatic ring is 1. The minimum Gasteiger partial charge on any atom is -0.384 e. The maximum Gasteiger partial charge on any atom is 0.268 e. The lowest BCUT2D eigenvalue weighted by molar-refractivity contribution is 1.21. The summed E-state index contributed by atoms with van der Waals surface area (Å²) in [5.74, 6) is -0.0428. The molecule has 110 valence electrons. The van der Waals surface area contributed by atoms with Gasteiger partial charge in [0.1, 0.15) is 29.1 Å². The summed E-state index contributed by atoms with van der Waals surface area (Å²) in [5.41, 5.74) is 5.95. The SMILES string of the molecule is N#Cc1c(N)[nH]c(=O)c(C#N)c1-c1ccc2cccc(Br)c2c1. The van der Waals surface area contributed by atoms with Gasteiger partial charge in [-0.05, 0) is 28.5 Å². The van der Waals surface area contributed by atoms with E-state index < -0.39 is 5.56 Å². The first-order valence-electron chi connectivity index (χ1n) is 6.61. The fourth-order valence-corrected chi connectivity index (χ4v) is 3.02. The summed E-state index contributed by atoms with van der Waals surface area (Å²) < 4.78 is 0.881. The van der Waals surface area contributed by atoms with Gasteiger partial charge in [0.15, 0.2) is 0 Å². The number of nitrogens with one attached hydrogen (secondary N) is 1. The van der Waals surface area contributed by atoms with Crippen molar-refractivity contribution in [2.45, 2.75) is 0 Å². The number of rotatable bonds is 1. The number of aromatic amines is 1. The zero-order valence-corrected chi connectivity index (χ0v) is 13.3. The van der Waals surface area contributed by atoms with E-state index in [0.29, 0.717) is 5.56 Å². The molecule has 3 aromatic rings. The molecule has 23 heavy (non-hydrogen) atoms. The lowest BCUT2D eigenvalue weighted by Gasteiger charge is -2.10. The van der Waals surface area contributed by atoms with E-state index in [1.807, 2.05) is 42.5 Å².